The number of nitrogens with one attached hydrogen (secondary N) is 1. The fourth-order valence-corrected chi connectivity index (χ4v) is 3.89. The third-order valence-electron chi connectivity index (χ3n) is 3.32. The summed E-state index contributed by atoms with van der Waals surface area (Å²) >= 11 is 13.1. The average Bonchev–Trinajstić information content (AvgIpc) is 2.88. The van der Waals surface area contributed by atoms with Crippen LogP contribution in [0.4, 0.5) is 0 Å². The van der Waals surface area contributed by atoms with Crippen LogP contribution in [0, 0.1) is 5.41 Å². The second-order valence-corrected chi connectivity index (χ2v) is 6.58. The van der Waals surface area contributed by atoms with Gasteiger partial charge in [-0.1, -0.05) is 36.5 Å². The fourth-order valence-electron chi connectivity index (χ4n) is 2.46. The number of carbonyl (C=O) groups excluding carboxylic acids is 1. The van der Waals surface area contributed by atoms with Crippen molar-refractivity contribution in [1.82, 2.24) is 5.32 Å². The van der Waals surface area contributed by atoms with Gasteiger partial charge in [-0.25, -0.2) is 0 Å². The molecular weight excluding hydrogens is 277 g/mol. The van der Waals surface area contributed by atoms with E-state index in [9.17, 15) is 4.79 Å². The Bertz CT molecular complexity index is 405. The van der Waals surface area contributed by atoms with Crippen LogP contribution >= 0.6 is 34.5 Å². The predicted molar refractivity (Wildman–Crippen MR) is 73.5 cm³/mol. The zero-order valence-electron chi connectivity index (χ0n) is 9.69. The molecule has 0 spiro atoms. The summed E-state index contributed by atoms with van der Waals surface area (Å²) in [5, 5.41) is 3.77. The fraction of sp³-hybridized carbons (Fsp3) is 0.583. The van der Waals surface area contributed by atoms with E-state index < -0.39 is 0 Å². The summed E-state index contributed by atoms with van der Waals surface area (Å²) < 4.78 is 0.507. The molecule has 1 saturated heterocycles. The summed E-state index contributed by atoms with van der Waals surface area (Å²) in [5.41, 5.74) is -0.244. The first-order chi connectivity index (χ1) is 8.09. The Labute approximate surface area is 115 Å². The van der Waals surface area contributed by atoms with Gasteiger partial charge in [0, 0.05) is 12.0 Å². The van der Waals surface area contributed by atoms with E-state index in [0.29, 0.717) is 14.2 Å². The molecule has 0 aliphatic carbocycles. The van der Waals surface area contributed by atoms with Gasteiger partial charge in [-0.15, -0.1) is 11.3 Å². The summed E-state index contributed by atoms with van der Waals surface area (Å²) in [6.07, 6.45) is 2.85. The van der Waals surface area contributed by atoms with Crippen LogP contribution in [0.5, 0.6) is 0 Å². The van der Waals surface area contributed by atoms with Crippen LogP contribution in [0.2, 0.25) is 9.36 Å². The van der Waals surface area contributed by atoms with Crippen molar-refractivity contribution in [3.8, 4) is 0 Å². The third kappa shape index (κ3) is 2.53. The Morgan fingerprint density at radius 2 is 2.35 bits per heavy atom. The van der Waals surface area contributed by atoms with Crippen molar-refractivity contribution >= 4 is 40.3 Å². The smallest absolute Gasteiger partial charge is 0.180 e. The Hall–Kier alpha value is -0.0900. The van der Waals surface area contributed by atoms with Gasteiger partial charge in [-0.05, 0) is 25.5 Å². The second kappa shape index (κ2) is 5.27. The first kappa shape index (κ1) is 13.3. The first-order valence-electron chi connectivity index (χ1n) is 5.79. The van der Waals surface area contributed by atoms with Crippen molar-refractivity contribution in [2.24, 2.45) is 5.41 Å². The second-order valence-electron chi connectivity index (χ2n) is 4.52. The SMILES string of the molecule is CCCC1(C(=O)c2cc(Cl)c(Cl)s2)CCNC1. The topological polar surface area (TPSA) is 29.1 Å². The van der Waals surface area contributed by atoms with Gasteiger partial charge in [-0.2, -0.15) is 0 Å². The molecule has 5 heteroatoms. The summed E-state index contributed by atoms with van der Waals surface area (Å²) in [6.45, 7) is 3.80. The molecule has 1 aromatic rings. The molecule has 1 N–H and O–H groups in total. The molecule has 2 nitrogen and oxygen atoms in total. The van der Waals surface area contributed by atoms with Crippen molar-refractivity contribution in [2.75, 3.05) is 13.1 Å². The Kier molecular flexibility index (Phi) is 4.14. The lowest BCUT2D eigenvalue weighted by atomic mass is 9.78. The molecule has 94 valence electrons. The van der Waals surface area contributed by atoms with Gasteiger partial charge in [0.2, 0.25) is 0 Å². The molecule has 0 bridgehead atoms. The lowest BCUT2D eigenvalue weighted by molar-refractivity contribution is 0.0806. The van der Waals surface area contributed by atoms with Crippen LogP contribution < -0.4 is 5.32 Å². The molecule has 1 aliphatic heterocycles. The van der Waals surface area contributed by atoms with E-state index in [1.54, 1.807) is 6.07 Å². The monoisotopic (exact) mass is 291 g/mol. The normalized spacial score (nSPS) is 24.2. The van der Waals surface area contributed by atoms with E-state index in [4.69, 9.17) is 23.2 Å². The highest BCUT2D eigenvalue weighted by Crippen LogP contribution is 2.39. The van der Waals surface area contributed by atoms with Crippen LogP contribution in [0.3, 0.4) is 0 Å². The highest BCUT2D eigenvalue weighted by molar-refractivity contribution is 7.18. The van der Waals surface area contributed by atoms with E-state index in [-0.39, 0.29) is 11.2 Å². The third-order valence-corrected chi connectivity index (χ3v) is 5.19. The molecular formula is C12H15Cl2NOS. The number of thiophene rings is 1. The van der Waals surface area contributed by atoms with Crippen LogP contribution in [-0.4, -0.2) is 18.9 Å². The van der Waals surface area contributed by atoms with Crippen molar-refractivity contribution in [1.29, 1.82) is 0 Å². The van der Waals surface area contributed by atoms with Crippen molar-refractivity contribution in [3.05, 3.63) is 20.3 Å². The largest absolute Gasteiger partial charge is 0.316 e. The Morgan fingerprint density at radius 1 is 1.59 bits per heavy atom. The van der Waals surface area contributed by atoms with Crippen LogP contribution in [0.15, 0.2) is 6.07 Å². The lowest BCUT2D eigenvalue weighted by Crippen LogP contribution is -2.33. The average molecular weight is 292 g/mol. The molecule has 1 atom stereocenters. The maximum atomic E-state index is 12.6. The number of hydrogen-bond donors (Lipinski definition) is 1. The number of halogens is 2. The molecule has 0 radical (unpaired) electrons. The van der Waals surface area contributed by atoms with Crippen LogP contribution in [-0.2, 0) is 0 Å². The molecule has 1 unspecified atom stereocenters. The zero-order valence-corrected chi connectivity index (χ0v) is 12.0. The van der Waals surface area contributed by atoms with E-state index in [0.717, 1.165) is 32.4 Å². The van der Waals surface area contributed by atoms with Gasteiger partial charge in [0.1, 0.15) is 4.34 Å². The zero-order chi connectivity index (χ0) is 12.5. The Morgan fingerprint density at radius 3 is 2.82 bits per heavy atom. The minimum Gasteiger partial charge on any atom is -0.316 e. The molecule has 2 heterocycles. The molecule has 0 aromatic carbocycles. The number of hydrogen-bond acceptors (Lipinski definition) is 3. The van der Waals surface area contributed by atoms with Gasteiger partial charge in [0.25, 0.3) is 0 Å². The molecule has 1 aromatic heterocycles. The molecule has 1 aliphatic rings. The Balaban J connectivity index is 2.28. The van der Waals surface area contributed by atoms with Gasteiger partial charge < -0.3 is 5.32 Å². The molecule has 0 amide bonds. The van der Waals surface area contributed by atoms with E-state index in [1.807, 2.05) is 0 Å². The predicted octanol–water partition coefficient (Wildman–Crippen LogP) is 4.02. The van der Waals surface area contributed by atoms with Gasteiger partial charge in [0.05, 0.1) is 9.90 Å². The van der Waals surface area contributed by atoms with Crippen molar-refractivity contribution in [2.45, 2.75) is 26.2 Å². The summed E-state index contributed by atoms with van der Waals surface area (Å²) in [6, 6.07) is 1.70. The molecule has 17 heavy (non-hydrogen) atoms. The van der Waals surface area contributed by atoms with Gasteiger partial charge in [0.15, 0.2) is 5.78 Å². The summed E-state index contributed by atoms with van der Waals surface area (Å²) in [5.74, 6) is 0.197. The minimum absolute atomic E-state index is 0.197. The van der Waals surface area contributed by atoms with E-state index in [1.165, 1.54) is 11.3 Å². The summed E-state index contributed by atoms with van der Waals surface area (Å²) in [7, 11) is 0. The summed E-state index contributed by atoms with van der Waals surface area (Å²) in [4.78, 5) is 13.3. The molecule has 0 saturated carbocycles. The standard InChI is InChI=1S/C12H15Cl2NOS/c1-2-3-12(4-5-15-7-12)10(16)9-6-8(13)11(14)17-9/h6,15H,2-5,7H2,1H3. The number of ketones is 1. The van der Waals surface area contributed by atoms with Gasteiger partial charge in [-0.3, -0.25) is 4.79 Å². The van der Waals surface area contributed by atoms with Crippen LogP contribution in [0.25, 0.3) is 0 Å². The highest BCUT2D eigenvalue weighted by atomic mass is 35.5. The molecule has 1 fully saturated rings. The number of Topliss-reactive ketones (excluding diaryl/α,β-unsaturated/α-hetero) is 1. The van der Waals surface area contributed by atoms with Gasteiger partial charge >= 0.3 is 0 Å². The van der Waals surface area contributed by atoms with E-state index >= 15 is 0 Å². The highest BCUT2D eigenvalue weighted by Gasteiger charge is 2.41. The number of rotatable bonds is 4. The molecule has 2 rings (SSSR count). The van der Waals surface area contributed by atoms with Crippen molar-refractivity contribution < 1.29 is 4.79 Å². The van der Waals surface area contributed by atoms with Crippen LogP contribution in [0.1, 0.15) is 35.9 Å². The minimum atomic E-state index is -0.244. The quantitative estimate of drug-likeness (QED) is 0.849. The van der Waals surface area contributed by atoms with Crippen molar-refractivity contribution in [3.63, 3.8) is 0 Å². The maximum Gasteiger partial charge on any atom is 0.180 e. The van der Waals surface area contributed by atoms with E-state index in [2.05, 4.69) is 12.2 Å². The lowest BCUT2D eigenvalue weighted by Gasteiger charge is -2.25. The number of carbonyl (C=O) groups is 1. The maximum absolute atomic E-state index is 12.6. The first-order valence-corrected chi connectivity index (χ1v) is 7.36.